The number of anilines is 1. The largest absolute Gasteiger partial charge is 0.496 e. The third-order valence-electron chi connectivity index (χ3n) is 7.79. The van der Waals surface area contributed by atoms with Crippen LogP contribution < -0.4 is 25.3 Å². The second-order valence-corrected chi connectivity index (χ2v) is 13.7. The predicted molar refractivity (Wildman–Crippen MR) is 178 cm³/mol. The average Bonchev–Trinajstić information content (AvgIpc) is 3.64. The van der Waals surface area contributed by atoms with Crippen LogP contribution >= 0.6 is 34.5 Å². The number of benzene rings is 2. The molecule has 0 unspecified atom stereocenters. The molecule has 0 radical (unpaired) electrons. The minimum Gasteiger partial charge on any atom is -0.496 e. The van der Waals surface area contributed by atoms with Gasteiger partial charge in [-0.25, -0.2) is 9.97 Å². The van der Waals surface area contributed by atoms with Crippen LogP contribution in [0.5, 0.6) is 17.4 Å². The van der Waals surface area contributed by atoms with Gasteiger partial charge in [-0.2, -0.15) is 0 Å². The smallest absolute Gasteiger partial charge is 0.246 e. The van der Waals surface area contributed by atoms with Gasteiger partial charge in [0.2, 0.25) is 17.7 Å². The van der Waals surface area contributed by atoms with Crippen molar-refractivity contribution in [2.45, 2.75) is 52.3 Å². The Bertz CT molecular complexity index is 1760. The molecule has 1 fully saturated rings. The van der Waals surface area contributed by atoms with Crippen LogP contribution in [0.2, 0.25) is 10.0 Å². The molecule has 0 bridgehead atoms. The van der Waals surface area contributed by atoms with Crippen LogP contribution in [0.15, 0.2) is 41.9 Å². The number of amides is 2. The van der Waals surface area contributed by atoms with E-state index in [4.69, 9.17) is 48.1 Å². The fourth-order valence-corrected chi connectivity index (χ4v) is 6.48. The maximum absolute atomic E-state index is 14.2. The van der Waals surface area contributed by atoms with Crippen LogP contribution in [0.1, 0.15) is 32.8 Å². The molecule has 0 aliphatic carbocycles. The van der Waals surface area contributed by atoms with Gasteiger partial charge in [0.1, 0.15) is 29.7 Å². The first kappa shape index (κ1) is 32.6. The summed E-state index contributed by atoms with van der Waals surface area (Å²) in [6, 6.07) is 7.40. The number of primary amides is 1. The van der Waals surface area contributed by atoms with Crippen molar-refractivity contribution < 1.29 is 23.8 Å². The van der Waals surface area contributed by atoms with E-state index in [0.29, 0.717) is 43.6 Å². The Balaban J connectivity index is 1.40. The molecule has 1 aliphatic rings. The molecule has 5 rings (SSSR count). The number of fused-ring (bicyclic) bond motifs is 1. The average molecular weight is 673 g/mol. The lowest BCUT2D eigenvalue weighted by Crippen LogP contribution is -2.53. The summed E-state index contributed by atoms with van der Waals surface area (Å²) < 4.78 is 17.3. The number of methoxy groups -OCH3 is 2. The number of thiazole rings is 1. The SMILES string of the molecule is COc1cc(C)c(Cl)cc1-c1csc(N[C@H](C(=O)N2C[C@H](Oc3ncc(OC)c4ccc(Cl)cc34)C[C@H]2C(N)=O)C(C)(C)C)n1. The van der Waals surface area contributed by atoms with E-state index < -0.39 is 29.5 Å². The van der Waals surface area contributed by atoms with E-state index in [2.05, 4.69) is 10.3 Å². The summed E-state index contributed by atoms with van der Waals surface area (Å²) in [5, 5.41) is 8.27. The zero-order chi connectivity index (χ0) is 32.6. The van der Waals surface area contributed by atoms with Gasteiger partial charge >= 0.3 is 0 Å². The van der Waals surface area contributed by atoms with Gasteiger partial charge in [0.15, 0.2) is 5.13 Å². The van der Waals surface area contributed by atoms with Gasteiger partial charge in [-0.1, -0.05) is 44.0 Å². The van der Waals surface area contributed by atoms with Crippen molar-refractivity contribution in [2.24, 2.45) is 11.1 Å². The number of nitrogens with zero attached hydrogens (tertiary/aromatic N) is 3. The topological polar surface area (TPSA) is 129 Å². The Morgan fingerprint density at radius 2 is 1.84 bits per heavy atom. The molecule has 3 N–H and O–H groups in total. The number of ether oxygens (including phenoxy) is 3. The second kappa shape index (κ2) is 12.9. The number of carbonyl (C=O) groups excluding carboxylic acids is 2. The summed E-state index contributed by atoms with van der Waals surface area (Å²) in [4.78, 5) is 37.5. The van der Waals surface area contributed by atoms with Crippen molar-refractivity contribution in [3.8, 4) is 28.6 Å². The molecule has 1 saturated heterocycles. The quantitative estimate of drug-likeness (QED) is 0.211. The van der Waals surface area contributed by atoms with Crippen LogP contribution in [-0.2, 0) is 9.59 Å². The summed E-state index contributed by atoms with van der Waals surface area (Å²) in [6.07, 6.45) is 1.24. The van der Waals surface area contributed by atoms with Gasteiger partial charge in [0.25, 0.3) is 0 Å². The van der Waals surface area contributed by atoms with Crippen molar-refractivity contribution in [1.82, 2.24) is 14.9 Å². The monoisotopic (exact) mass is 671 g/mol. The molecule has 2 aromatic carbocycles. The summed E-state index contributed by atoms with van der Waals surface area (Å²) in [5.74, 6) is 0.633. The highest BCUT2D eigenvalue weighted by molar-refractivity contribution is 7.14. The number of halogens is 2. The van der Waals surface area contributed by atoms with Crippen LogP contribution in [0, 0.1) is 12.3 Å². The van der Waals surface area contributed by atoms with E-state index in [0.717, 1.165) is 16.5 Å². The summed E-state index contributed by atoms with van der Waals surface area (Å²) in [7, 11) is 3.15. The van der Waals surface area contributed by atoms with Crippen molar-refractivity contribution in [2.75, 3.05) is 26.1 Å². The summed E-state index contributed by atoms with van der Waals surface area (Å²) >= 11 is 14.0. The number of likely N-dealkylation sites (tertiary alicyclic amines) is 1. The standard InChI is InChI=1S/C32H35Cl2N5O5S/c1-16-9-25(42-5)21(12-22(16)34)23-15-45-31(37-23)38-27(32(2,3)4)30(41)39-14-18(11-24(39)28(35)40)44-29-20-10-17(33)7-8-19(20)26(43-6)13-36-29/h7-10,12-13,15,18,24,27H,11,14H2,1-6H3,(H2,35,40)(H,37,38)/t18-,24+,27-/m1/s1. The van der Waals surface area contributed by atoms with Crippen molar-refractivity contribution in [3.05, 3.63) is 57.5 Å². The number of carbonyl (C=O) groups is 2. The fraction of sp³-hybridized carbons (Fsp3) is 0.375. The Kier molecular flexibility index (Phi) is 9.34. The second-order valence-electron chi connectivity index (χ2n) is 12.0. The van der Waals surface area contributed by atoms with E-state index in [1.54, 1.807) is 32.5 Å². The first-order chi connectivity index (χ1) is 21.3. The molecule has 0 spiro atoms. The van der Waals surface area contributed by atoms with Crippen molar-refractivity contribution in [1.29, 1.82) is 0 Å². The molecule has 2 amide bonds. The number of aromatic nitrogens is 2. The number of nitrogens with two attached hydrogens (primary N) is 1. The maximum Gasteiger partial charge on any atom is 0.246 e. The summed E-state index contributed by atoms with van der Waals surface area (Å²) in [6.45, 7) is 7.88. The maximum atomic E-state index is 14.2. The van der Waals surface area contributed by atoms with Crippen molar-refractivity contribution >= 4 is 62.3 Å². The first-order valence-corrected chi connectivity index (χ1v) is 15.9. The Morgan fingerprint density at radius 1 is 1.11 bits per heavy atom. The van der Waals surface area contributed by atoms with Crippen LogP contribution in [0.25, 0.3) is 22.0 Å². The predicted octanol–water partition coefficient (Wildman–Crippen LogP) is 6.35. The van der Waals surface area contributed by atoms with Crippen LogP contribution in [0.3, 0.4) is 0 Å². The van der Waals surface area contributed by atoms with Gasteiger partial charge in [0, 0.05) is 38.2 Å². The normalized spacial score (nSPS) is 17.3. The summed E-state index contributed by atoms with van der Waals surface area (Å²) in [5.41, 5.74) is 7.55. The molecule has 238 valence electrons. The van der Waals surface area contributed by atoms with E-state index >= 15 is 0 Å². The zero-order valence-corrected chi connectivity index (χ0v) is 28.1. The van der Waals surface area contributed by atoms with Crippen molar-refractivity contribution in [3.63, 3.8) is 0 Å². The zero-order valence-electron chi connectivity index (χ0n) is 25.8. The van der Waals surface area contributed by atoms with E-state index in [1.165, 1.54) is 16.2 Å². The van der Waals surface area contributed by atoms with Gasteiger partial charge in [0.05, 0.1) is 32.7 Å². The molecule has 4 aromatic rings. The minimum absolute atomic E-state index is 0.138. The molecule has 2 aromatic heterocycles. The molecular weight excluding hydrogens is 637 g/mol. The molecule has 13 heteroatoms. The highest BCUT2D eigenvalue weighted by atomic mass is 35.5. The number of hydrogen-bond donors (Lipinski definition) is 2. The molecule has 3 heterocycles. The molecule has 10 nitrogen and oxygen atoms in total. The lowest BCUT2D eigenvalue weighted by atomic mass is 9.85. The number of pyridine rings is 1. The molecule has 1 aliphatic heterocycles. The van der Waals surface area contributed by atoms with Crippen LogP contribution in [0.4, 0.5) is 5.13 Å². The van der Waals surface area contributed by atoms with Gasteiger partial charge in [-0.05, 0) is 48.2 Å². The number of rotatable bonds is 9. The number of hydrogen-bond acceptors (Lipinski definition) is 9. The van der Waals surface area contributed by atoms with Crippen LogP contribution in [-0.4, -0.2) is 65.6 Å². The first-order valence-electron chi connectivity index (χ1n) is 14.3. The lowest BCUT2D eigenvalue weighted by molar-refractivity contribution is -0.139. The highest BCUT2D eigenvalue weighted by Crippen LogP contribution is 2.38. The Morgan fingerprint density at radius 3 is 2.51 bits per heavy atom. The molecular formula is C32H35Cl2N5O5S. The Hall–Kier alpha value is -3.80. The minimum atomic E-state index is -0.868. The molecule has 45 heavy (non-hydrogen) atoms. The number of aryl methyl sites for hydroxylation is 1. The Labute approximate surface area is 275 Å². The third-order valence-corrected chi connectivity index (χ3v) is 9.21. The van der Waals surface area contributed by atoms with Gasteiger partial charge in [-0.15, -0.1) is 11.3 Å². The van der Waals surface area contributed by atoms with E-state index in [9.17, 15) is 9.59 Å². The lowest BCUT2D eigenvalue weighted by Gasteiger charge is -2.34. The van der Waals surface area contributed by atoms with Gasteiger partial charge < -0.3 is 30.2 Å². The highest BCUT2D eigenvalue weighted by Gasteiger charge is 2.45. The van der Waals surface area contributed by atoms with E-state index in [1.807, 2.05) is 51.3 Å². The fourth-order valence-electron chi connectivity index (χ4n) is 5.40. The molecule has 0 saturated carbocycles. The van der Waals surface area contributed by atoms with E-state index in [-0.39, 0.29) is 18.9 Å². The van der Waals surface area contributed by atoms with Gasteiger partial charge in [-0.3, -0.25) is 9.59 Å². The molecule has 3 atom stereocenters. The third kappa shape index (κ3) is 6.75. The number of nitrogens with one attached hydrogen (secondary N) is 1.